The minimum Gasteiger partial charge on any atom is -0.481 e. The molecule has 0 aliphatic rings. The maximum atomic E-state index is 12.0. The molecule has 0 saturated heterocycles. The fraction of sp³-hybridized carbons (Fsp3) is 0.857. The van der Waals surface area contributed by atoms with Gasteiger partial charge in [-0.3, -0.25) is 4.79 Å². The topological polar surface area (TPSA) is 78.9 Å². The first kappa shape index (κ1) is 18.7. The quantitative estimate of drug-likeness (QED) is 0.571. The smallest absolute Gasteiger partial charge is 0.317 e. The molecule has 0 aliphatic carbocycles. The van der Waals surface area contributed by atoms with Gasteiger partial charge in [-0.2, -0.15) is 0 Å². The van der Waals surface area contributed by atoms with Crippen molar-refractivity contribution < 1.29 is 19.4 Å². The van der Waals surface area contributed by atoms with Crippen LogP contribution in [0.1, 0.15) is 46.5 Å². The molecule has 6 nitrogen and oxygen atoms in total. The number of carboxylic acids is 1. The Balaban J connectivity index is 3.88. The Morgan fingerprint density at radius 3 is 2.50 bits per heavy atom. The van der Waals surface area contributed by atoms with Gasteiger partial charge in [-0.05, 0) is 33.1 Å². The summed E-state index contributed by atoms with van der Waals surface area (Å²) in [6.07, 6.45) is 2.34. The molecule has 0 fully saturated rings. The van der Waals surface area contributed by atoms with E-state index in [4.69, 9.17) is 9.84 Å². The van der Waals surface area contributed by atoms with E-state index in [1.165, 1.54) is 0 Å². The highest BCUT2D eigenvalue weighted by Gasteiger charge is 2.16. The average molecular weight is 288 g/mol. The Labute approximate surface area is 121 Å². The molecule has 2 N–H and O–H groups in total. The van der Waals surface area contributed by atoms with Crippen LogP contribution in [0.3, 0.4) is 0 Å². The first-order valence-corrected chi connectivity index (χ1v) is 7.33. The van der Waals surface area contributed by atoms with Crippen LogP contribution in [0.25, 0.3) is 0 Å². The Morgan fingerprint density at radius 1 is 1.25 bits per heavy atom. The summed E-state index contributed by atoms with van der Waals surface area (Å²) in [5.41, 5.74) is 0. The number of amides is 2. The number of ether oxygens (including phenoxy) is 1. The van der Waals surface area contributed by atoms with Crippen LogP contribution < -0.4 is 5.32 Å². The van der Waals surface area contributed by atoms with E-state index in [1.807, 2.05) is 13.8 Å². The second kappa shape index (κ2) is 11.5. The number of rotatable bonds is 11. The Bertz CT molecular complexity index is 282. The summed E-state index contributed by atoms with van der Waals surface area (Å²) in [6.45, 7) is 8.33. The second-order valence-electron chi connectivity index (χ2n) is 4.98. The van der Waals surface area contributed by atoms with Gasteiger partial charge in [-0.15, -0.1) is 0 Å². The van der Waals surface area contributed by atoms with Crippen LogP contribution in [0.2, 0.25) is 0 Å². The van der Waals surface area contributed by atoms with Crippen molar-refractivity contribution in [1.82, 2.24) is 10.2 Å². The van der Waals surface area contributed by atoms with Crippen molar-refractivity contribution in [2.45, 2.75) is 52.5 Å². The zero-order valence-corrected chi connectivity index (χ0v) is 12.9. The molecule has 118 valence electrons. The number of carbonyl (C=O) groups excluding carboxylic acids is 1. The summed E-state index contributed by atoms with van der Waals surface area (Å²) < 4.78 is 5.33. The molecule has 0 aromatic rings. The predicted octanol–water partition coefficient (Wildman–Crippen LogP) is 2.09. The molecule has 0 saturated carbocycles. The predicted molar refractivity (Wildman–Crippen MR) is 77.8 cm³/mol. The van der Waals surface area contributed by atoms with Gasteiger partial charge in [0.25, 0.3) is 0 Å². The number of aliphatic carboxylic acids is 1. The van der Waals surface area contributed by atoms with Crippen molar-refractivity contribution in [2.75, 3.05) is 26.3 Å². The van der Waals surface area contributed by atoms with E-state index in [0.717, 1.165) is 19.4 Å². The largest absolute Gasteiger partial charge is 0.481 e. The maximum absolute atomic E-state index is 12.0. The first-order valence-electron chi connectivity index (χ1n) is 7.33. The van der Waals surface area contributed by atoms with Crippen LogP contribution in [0.15, 0.2) is 0 Å². The molecule has 0 unspecified atom stereocenters. The van der Waals surface area contributed by atoms with E-state index in [-0.39, 0.29) is 18.5 Å². The summed E-state index contributed by atoms with van der Waals surface area (Å²) in [5.74, 6) is -0.831. The summed E-state index contributed by atoms with van der Waals surface area (Å²) in [5, 5.41) is 11.5. The molecule has 0 aliphatic heterocycles. The molecule has 0 radical (unpaired) electrons. The third-order valence-corrected chi connectivity index (χ3v) is 2.76. The molecule has 0 spiro atoms. The van der Waals surface area contributed by atoms with Gasteiger partial charge >= 0.3 is 12.0 Å². The van der Waals surface area contributed by atoms with Crippen LogP contribution in [-0.4, -0.2) is 54.4 Å². The lowest BCUT2D eigenvalue weighted by atomic mass is 10.2. The van der Waals surface area contributed by atoms with E-state index < -0.39 is 5.97 Å². The standard InChI is InChI=1S/C14H28N2O4/c1-4-10-20-11-6-8-15-14(19)16(12(2)3)9-5-7-13(17)18/h12H,4-11H2,1-3H3,(H,15,19)(H,17,18). The lowest BCUT2D eigenvalue weighted by molar-refractivity contribution is -0.137. The summed E-state index contributed by atoms with van der Waals surface area (Å²) in [6, 6.07) is -0.0824. The third kappa shape index (κ3) is 9.61. The lowest BCUT2D eigenvalue weighted by Crippen LogP contribution is -2.45. The normalized spacial score (nSPS) is 10.6. The highest BCUT2D eigenvalue weighted by Crippen LogP contribution is 2.02. The van der Waals surface area contributed by atoms with Gasteiger partial charge < -0.3 is 20.1 Å². The third-order valence-electron chi connectivity index (χ3n) is 2.76. The van der Waals surface area contributed by atoms with E-state index in [9.17, 15) is 9.59 Å². The molecular formula is C14H28N2O4. The van der Waals surface area contributed by atoms with Gasteiger partial charge in [0.05, 0.1) is 0 Å². The number of nitrogens with zero attached hydrogens (tertiary/aromatic N) is 1. The van der Waals surface area contributed by atoms with Crippen LogP contribution in [0, 0.1) is 0 Å². The second-order valence-corrected chi connectivity index (χ2v) is 4.98. The van der Waals surface area contributed by atoms with Crippen LogP contribution in [-0.2, 0) is 9.53 Å². The van der Waals surface area contributed by atoms with Crippen molar-refractivity contribution in [3.8, 4) is 0 Å². The first-order chi connectivity index (χ1) is 9.49. The molecule has 0 aromatic carbocycles. The monoisotopic (exact) mass is 288 g/mol. The number of carbonyl (C=O) groups is 2. The molecule has 20 heavy (non-hydrogen) atoms. The van der Waals surface area contributed by atoms with Crippen LogP contribution in [0.5, 0.6) is 0 Å². The molecule has 0 rings (SSSR count). The van der Waals surface area contributed by atoms with Gasteiger partial charge in [0.2, 0.25) is 0 Å². The van der Waals surface area contributed by atoms with Gasteiger partial charge in [0.1, 0.15) is 0 Å². The van der Waals surface area contributed by atoms with E-state index in [2.05, 4.69) is 12.2 Å². The molecule has 2 amide bonds. The van der Waals surface area contributed by atoms with Crippen LogP contribution >= 0.6 is 0 Å². The summed E-state index contributed by atoms with van der Waals surface area (Å²) in [7, 11) is 0. The molecule has 6 heteroatoms. The molecular weight excluding hydrogens is 260 g/mol. The van der Waals surface area contributed by atoms with Crippen molar-refractivity contribution in [2.24, 2.45) is 0 Å². The number of urea groups is 1. The van der Waals surface area contributed by atoms with Gasteiger partial charge in [0.15, 0.2) is 0 Å². The fourth-order valence-corrected chi connectivity index (χ4v) is 1.71. The van der Waals surface area contributed by atoms with Crippen LogP contribution in [0.4, 0.5) is 4.79 Å². The number of hydrogen-bond acceptors (Lipinski definition) is 3. The highest BCUT2D eigenvalue weighted by atomic mass is 16.5. The Morgan fingerprint density at radius 2 is 1.95 bits per heavy atom. The van der Waals surface area contributed by atoms with Crippen molar-refractivity contribution in [3.63, 3.8) is 0 Å². The van der Waals surface area contributed by atoms with E-state index in [0.29, 0.717) is 26.1 Å². The SMILES string of the molecule is CCCOCCCNC(=O)N(CCCC(=O)O)C(C)C. The highest BCUT2D eigenvalue weighted by molar-refractivity contribution is 5.74. The Kier molecular flexibility index (Phi) is 10.8. The summed E-state index contributed by atoms with van der Waals surface area (Å²) >= 11 is 0. The molecule has 0 heterocycles. The number of carboxylic acid groups (broad SMARTS) is 1. The van der Waals surface area contributed by atoms with E-state index >= 15 is 0 Å². The zero-order valence-electron chi connectivity index (χ0n) is 12.9. The number of hydrogen-bond donors (Lipinski definition) is 2. The lowest BCUT2D eigenvalue weighted by Gasteiger charge is -2.26. The van der Waals surface area contributed by atoms with Gasteiger partial charge in [0, 0.05) is 38.8 Å². The average Bonchev–Trinajstić information content (AvgIpc) is 2.37. The molecule has 0 bridgehead atoms. The Hall–Kier alpha value is -1.30. The van der Waals surface area contributed by atoms with Gasteiger partial charge in [-0.1, -0.05) is 6.92 Å². The van der Waals surface area contributed by atoms with E-state index in [1.54, 1.807) is 4.90 Å². The minimum atomic E-state index is -0.831. The zero-order chi connectivity index (χ0) is 15.4. The van der Waals surface area contributed by atoms with Crippen molar-refractivity contribution in [3.05, 3.63) is 0 Å². The number of nitrogens with one attached hydrogen (secondary N) is 1. The van der Waals surface area contributed by atoms with Crippen molar-refractivity contribution >= 4 is 12.0 Å². The summed E-state index contributed by atoms with van der Waals surface area (Å²) in [4.78, 5) is 24.1. The van der Waals surface area contributed by atoms with Gasteiger partial charge in [-0.25, -0.2) is 4.79 Å². The molecule has 0 atom stereocenters. The maximum Gasteiger partial charge on any atom is 0.317 e. The fourth-order valence-electron chi connectivity index (χ4n) is 1.71. The van der Waals surface area contributed by atoms with Crippen molar-refractivity contribution in [1.29, 1.82) is 0 Å². The minimum absolute atomic E-state index is 0.0557. The molecule has 0 aromatic heterocycles.